The van der Waals surface area contributed by atoms with Crippen molar-refractivity contribution in [2.75, 3.05) is 19.6 Å². The Kier molecular flexibility index (Phi) is 5.68. The first kappa shape index (κ1) is 17.7. The number of furan rings is 1. The van der Waals surface area contributed by atoms with Crippen molar-refractivity contribution in [3.8, 4) is 0 Å². The fraction of sp³-hybridized carbons (Fsp3) is 0.316. The molecule has 1 aliphatic rings. The molecule has 2 N–H and O–H groups in total. The number of nitrogens with zero attached hydrogens (tertiary/aromatic N) is 1. The van der Waals surface area contributed by atoms with Gasteiger partial charge in [0.2, 0.25) is 5.91 Å². The molecule has 0 spiro atoms. The Labute approximate surface area is 151 Å². The lowest BCUT2D eigenvalue weighted by molar-refractivity contribution is -0.124. The van der Waals surface area contributed by atoms with Crippen molar-refractivity contribution in [1.29, 1.82) is 0 Å². The summed E-state index contributed by atoms with van der Waals surface area (Å²) in [6.07, 6.45) is 2.83. The molecule has 1 fully saturated rings. The van der Waals surface area contributed by atoms with Gasteiger partial charge in [0, 0.05) is 25.2 Å². The van der Waals surface area contributed by atoms with Gasteiger partial charge in [-0.05, 0) is 37.1 Å². The SMILES string of the molecule is O=C(NCCNC(=O)C1CCCN1C(=O)c1ccco1)c1ccccc1. The molecule has 1 aliphatic heterocycles. The second kappa shape index (κ2) is 8.33. The number of amides is 3. The van der Waals surface area contributed by atoms with Crippen molar-refractivity contribution in [3.63, 3.8) is 0 Å². The molecule has 2 heterocycles. The number of benzene rings is 1. The minimum atomic E-state index is -0.502. The summed E-state index contributed by atoms with van der Waals surface area (Å²) in [5.74, 6) is -0.434. The van der Waals surface area contributed by atoms with Crippen LogP contribution in [-0.2, 0) is 4.79 Å². The summed E-state index contributed by atoms with van der Waals surface area (Å²) in [4.78, 5) is 38.3. The molecular weight excluding hydrogens is 334 g/mol. The maximum atomic E-state index is 12.4. The van der Waals surface area contributed by atoms with Crippen LogP contribution in [0, 0.1) is 0 Å². The van der Waals surface area contributed by atoms with Crippen LogP contribution in [0.1, 0.15) is 33.8 Å². The van der Waals surface area contributed by atoms with E-state index in [1.54, 1.807) is 36.4 Å². The number of carbonyl (C=O) groups is 3. The highest BCUT2D eigenvalue weighted by Gasteiger charge is 2.35. The van der Waals surface area contributed by atoms with E-state index in [9.17, 15) is 14.4 Å². The van der Waals surface area contributed by atoms with Crippen molar-refractivity contribution in [3.05, 3.63) is 60.1 Å². The lowest BCUT2D eigenvalue weighted by Crippen LogP contribution is -2.47. The van der Waals surface area contributed by atoms with E-state index in [0.29, 0.717) is 31.6 Å². The number of likely N-dealkylation sites (tertiary alicyclic amines) is 1. The second-order valence-corrected chi connectivity index (χ2v) is 6.05. The average molecular weight is 355 g/mol. The van der Waals surface area contributed by atoms with Gasteiger partial charge in [0.25, 0.3) is 11.8 Å². The first-order valence-electron chi connectivity index (χ1n) is 8.62. The predicted molar refractivity (Wildman–Crippen MR) is 94.6 cm³/mol. The van der Waals surface area contributed by atoms with E-state index in [0.717, 1.165) is 6.42 Å². The zero-order valence-electron chi connectivity index (χ0n) is 14.3. The molecule has 1 aromatic heterocycles. The molecule has 0 radical (unpaired) electrons. The third kappa shape index (κ3) is 4.11. The summed E-state index contributed by atoms with van der Waals surface area (Å²) >= 11 is 0. The highest BCUT2D eigenvalue weighted by Crippen LogP contribution is 2.20. The predicted octanol–water partition coefficient (Wildman–Crippen LogP) is 1.43. The summed E-state index contributed by atoms with van der Waals surface area (Å²) in [5.41, 5.74) is 0.574. The van der Waals surface area contributed by atoms with E-state index in [1.807, 2.05) is 6.07 Å². The smallest absolute Gasteiger partial charge is 0.290 e. The number of rotatable bonds is 6. The second-order valence-electron chi connectivity index (χ2n) is 6.05. The zero-order valence-corrected chi connectivity index (χ0v) is 14.3. The van der Waals surface area contributed by atoms with Crippen molar-refractivity contribution in [1.82, 2.24) is 15.5 Å². The number of carbonyl (C=O) groups excluding carboxylic acids is 3. The van der Waals surface area contributed by atoms with Gasteiger partial charge in [-0.1, -0.05) is 18.2 Å². The lowest BCUT2D eigenvalue weighted by atomic mass is 10.2. The van der Waals surface area contributed by atoms with Crippen LogP contribution in [0.15, 0.2) is 53.1 Å². The van der Waals surface area contributed by atoms with Gasteiger partial charge in [-0.2, -0.15) is 0 Å². The molecule has 26 heavy (non-hydrogen) atoms. The minimum Gasteiger partial charge on any atom is -0.459 e. The first-order valence-corrected chi connectivity index (χ1v) is 8.62. The average Bonchev–Trinajstić information content (AvgIpc) is 3.37. The third-order valence-corrected chi connectivity index (χ3v) is 4.29. The molecule has 1 saturated heterocycles. The summed E-state index contributed by atoms with van der Waals surface area (Å²) < 4.78 is 5.13. The maximum Gasteiger partial charge on any atom is 0.290 e. The molecular formula is C19H21N3O4. The molecule has 0 saturated carbocycles. The fourth-order valence-electron chi connectivity index (χ4n) is 3.00. The topological polar surface area (TPSA) is 91.7 Å². The Morgan fingerprint density at radius 1 is 1.04 bits per heavy atom. The van der Waals surface area contributed by atoms with Gasteiger partial charge in [0.15, 0.2) is 5.76 Å². The maximum absolute atomic E-state index is 12.4. The van der Waals surface area contributed by atoms with Gasteiger partial charge in [0.1, 0.15) is 6.04 Å². The van der Waals surface area contributed by atoms with Crippen molar-refractivity contribution in [2.45, 2.75) is 18.9 Å². The van der Waals surface area contributed by atoms with E-state index < -0.39 is 6.04 Å². The van der Waals surface area contributed by atoms with Crippen LogP contribution in [0.2, 0.25) is 0 Å². The monoisotopic (exact) mass is 355 g/mol. The molecule has 0 bridgehead atoms. The van der Waals surface area contributed by atoms with Crippen LogP contribution in [0.4, 0.5) is 0 Å². The molecule has 2 aromatic rings. The van der Waals surface area contributed by atoms with Gasteiger partial charge in [0.05, 0.1) is 6.26 Å². The molecule has 3 rings (SSSR count). The standard InChI is InChI=1S/C19H21N3O4/c23-17(14-6-2-1-3-7-14)20-10-11-21-18(24)15-8-4-12-22(15)19(25)16-9-5-13-26-16/h1-3,5-7,9,13,15H,4,8,10-12H2,(H,20,23)(H,21,24). The summed E-state index contributed by atoms with van der Waals surface area (Å²) in [7, 11) is 0. The molecule has 1 aromatic carbocycles. The Bertz CT molecular complexity index is 758. The highest BCUT2D eigenvalue weighted by molar-refractivity contribution is 5.96. The molecule has 7 nitrogen and oxygen atoms in total. The van der Waals surface area contributed by atoms with Crippen LogP contribution >= 0.6 is 0 Å². The van der Waals surface area contributed by atoms with Gasteiger partial charge in [-0.3, -0.25) is 14.4 Å². The van der Waals surface area contributed by atoms with E-state index in [1.165, 1.54) is 11.2 Å². The quantitative estimate of drug-likeness (QED) is 0.767. The lowest BCUT2D eigenvalue weighted by Gasteiger charge is -2.23. The first-order chi connectivity index (χ1) is 12.7. The summed E-state index contributed by atoms with van der Waals surface area (Å²) in [5, 5.41) is 5.54. The molecule has 0 aliphatic carbocycles. The number of nitrogens with one attached hydrogen (secondary N) is 2. The van der Waals surface area contributed by atoms with Crippen LogP contribution in [0.25, 0.3) is 0 Å². The minimum absolute atomic E-state index is 0.185. The summed E-state index contributed by atoms with van der Waals surface area (Å²) in [6, 6.07) is 11.6. The Hall–Kier alpha value is -3.09. The molecule has 136 valence electrons. The van der Waals surface area contributed by atoms with Gasteiger partial charge in [-0.15, -0.1) is 0 Å². The summed E-state index contributed by atoms with van der Waals surface area (Å²) in [6.45, 7) is 1.15. The van der Waals surface area contributed by atoms with Gasteiger partial charge < -0.3 is 20.0 Å². The van der Waals surface area contributed by atoms with Crippen molar-refractivity contribution >= 4 is 17.7 Å². The van der Waals surface area contributed by atoms with Crippen LogP contribution in [0.3, 0.4) is 0 Å². The van der Waals surface area contributed by atoms with Gasteiger partial charge >= 0.3 is 0 Å². The van der Waals surface area contributed by atoms with E-state index in [4.69, 9.17) is 4.42 Å². The zero-order chi connectivity index (χ0) is 18.4. The molecule has 7 heteroatoms. The highest BCUT2D eigenvalue weighted by atomic mass is 16.3. The van der Waals surface area contributed by atoms with E-state index >= 15 is 0 Å². The Morgan fingerprint density at radius 2 is 1.81 bits per heavy atom. The number of hydrogen-bond donors (Lipinski definition) is 2. The largest absolute Gasteiger partial charge is 0.459 e. The van der Waals surface area contributed by atoms with E-state index in [2.05, 4.69) is 10.6 Å². The van der Waals surface area contributed by atoms with Crippen LogP contribution in [-0.4, -0.2) is 48.3 Å². The third-order valence-electron chi connectivity index (χ3n) is 4.29. The van der Waals surface area contributed by atoms with Gasteiger partial charge in [-0.25, -0.2) is 0 Å². The molecule has 1 atom stereocenters. The van der Waals surface area contributed by atoms with Crippen molar-refractivity contribution < 1.29 is 18.8 Å². The van der Waals surface area contributed by atoms with E-state index in [-0.39, 0.29) is 23.5 Å². The van der Waals surface area contributed by atoms with Crippen LogP contribution < -0.4 is 10.6 Å². The molecule has 3 amide bonds. The number of hydrogen-bond acceptors (Lipinski definition) is 4. The van der Waals surface area contributed by atoms with Crippen LogP contribution in [0.5, 0.6) is 0 Å². The molecule has 1 unspecified atom stereocenters. The normalized spacial score (nSPS) is 16.3. The Balaban J connectivity index is 1.45. The fourth-order valence-corrected chi connectivity index (χ4v) is 3.00. The van der Waals surface area contributed by atoms with Crippen molar-refractivity contribution in [2.24, 2.45) is 0 Å². The Morgan fingerprint density at radius 3 is 2.54 bits per heavy atom.